The van der Waals surface area contributed by atoms with E-state index in [4.69, 9.17) is 4.74 Å². The van der Waals surface area contributed by atoms with Crippen LogP contribution in [0.5, 0.6) is 0 Å². The molecule has 0 amide bonds. The number of hydrogen-bond acceptors (Lipinski definition) is 3. The van der Waals surface area contributed by atoms with E-state index in [1.807, 2.05) is 6.92 Å². The van der Waals surface area contributed by atoms with Crippen LogP contribution in [-0.4, -0.2) is 37.5 Å². The molecule has 0 aliphatic heterocycles. The number of aliphatic hydroxyl groups is 1. The van der Waals surface area contributed by atoms with E-state index in [1.165, 1.54) is 0 Å². The molecule has 0 saturated carbocycles. The molecular formula is C11H25NO2. The largest absolute Gasteiger partial charge is 0.393 e. The van der Waals surface area contributed by atoms with Crippen LogP contribution in [0, 0.1) is 0 Å². The van der Waals surface area contributed by atoms with E-state index in [0.717, 1.165) is 38.8 Å². The maximum absolute atomic E-state index is 9.33. The molecule has 0 aliphatic carbocycles. The van der Waals surface area contributed by atoms with Crippen LogP contribution in [0.25, 0.3) is 0 Å². The van der Waals surface area contributed by atoms with Crippen molar-refractivity contribution in [1.29, 1.82) is 0 Å². The fourth-order valence-electron chi connectivity index (χ4n) is 1.37. The lowest BCUT2D eigenvalue weighted by Crippen LogP contribution is -2.33. The summed E-state index contributed by atoms with van der Waals surface area (Å²) >= 11 is 0. The Bertz CT molecular complexity index is 120. The minimum Gasteiger partial charge on any atom is -0.393 e. The molecule has 0 aromatic carbocycles. The van der Waals surface area contributed by atoms with Gasteiger partial charge in [-0.1, -0.05) is 13.8 Å². The number of rotatable bonds is 9. The third-order valence-electron chi connectivity index (χ3n) is 2.48. The van der Waals surface area contributed by atoms with Crippen LogP contribution in [0.1, 0.15) is 39.5 Å². The minimum atomic E-state index is -0.126. The molecule has 0 spiro atoms. The first-order valence-corrected chi connectivity index (χ1v) is 5.64. The molecule has 3 nitrogen and oxygen atoms in total. The zero-order valence-corrected chi connectivity index (χ0v) is 9.75. The first kappa shape index (κ1) is 13.9. The van der Waals surface area contributed by atoms with Crippen LogP contribution < -0.4 is 5.32 Å². The monoisotopic (exact) mass is 203 g/mol. The minimum absolute atomic E-state index is 0.126. The second kappa shape index (κ2) is 9.44. The van der Waals surface area contributed by atoms with Gasteiger partial charge in [-0.3, -0.25) is 0 Å². The smallest absolute Gasteiger partial charge is 0.0615 e. The van der Waals surface area contributed by atoms with Crippen molar-refractivity contribution in [1.82, 2.24) is 5.32 Å². The van der Waals surface area contributed by atoms with Crippen molar-refractivity contribution < 1.29 is 9.84 Å². The lowest BCUT2D eigenvalue weighted by atomic mass is 10.1. The highest BCUT2D eigenvalue weighted by Gasteiger charge is 2.04. The molecule has 2 unspecified atom stereocenters. The number of nitrogens with one attached hydrogen (secondary N) is 1. The van der Waals surface area contributed by atoms with Gasteiger partial charge in [0.15, 0.2) is 0 Å². The molecule has 2 N–H and O–H groups in total. The SMILES string of the molecule is CCC(O)CCCNC(CC)COC. The van der Waals surface area contributed by atoms with Crippen LogP contribution in [0.2, 0.25) is 0 Å². The second-order valence-electron chi connectivity index (χ2n) is 3.72. The first-order valence-electron chi connectivity index (χ1n) is 5.64. The van der Waals surface area contributed by atoms with Gasteiger partial charge in [0.05, 0.1) is 12.7 Å². The van der Waals surface area contributed by atoms with Gasteiger partial charge in [0.25, 0.3) is 0 Å². The second-order valence-corrected chi connectivity index (χ2v) is 3.72. The summed E-state index contributed by atoms with van der Waals surface area (Å²) in [6.45, 7) is 5.90. The van der Waals surface area contributed by atoms with E-state index < -0.39 is 0 Å². The number of ether oxygens (including phenoxy) is 1. The van der Waals surface area contributed by atoms with E-state index in [9.17, 15) is 5.11 Å². The van der Waals surface area contributed by atoms with Crippen molar-refractivity contribution in [2.24, 2.45) is 0 Å². The van der Waals surface area contributed by atoms with Gasteiger partial charge < -0.3 is 15.2 Å². The predicted octanol–water partition coefficient (Wildman–Crippen LogP) is 1.55. The molecular weight excluding hydrogens is 178 g/mol. The highest BCUT2D eigenvalue weighted by molar-refractivity contribution is 4.64. The number of hydrogen-bond donors (Lipinski definition) is 2. The van der Waals surface area contributed by atoms with E-state index in [1.54, 1.807) is 7.11 Å². The Balaban J connectivity index is 3.32. The van der Waals surface area contributed by atoms with E-state index in [0.29, 0.717) is 6.04 Å². The molecule has 86 valence electrons. The van der Waals surface area contributed by atoms with Crippen LogP contribution in [0.15, 0.2) is 0 Å². The summed E-state index contributed by atoms with van der Waals surface area (Å²) in [4.78, 5) is 0. The van der Waals surface area contributed by atoms with Gasteiger partial charge in [-0.2, -0.15) is 0 Å². The normalized spacial score (nSPS) is 15.4. The van der Waals surface area contributed by atoms with Gasteiger partial charge in [-0.25, -0.2) is 0 Å². The Morgan fingerprint density at radius 2 is 2.00 bits per heavy atom. The van der Waals surface area contributed by atoms with Crippen molar-refractivity contribution in [3.63, 3.8) is 0 Å². The molecule has 0 saturated heterocycles. The average Bonchev–Trinajstić information content (AvgIpc) is 2.22. The Morgan fingerprint density at radius 1 is 1.29 bits per heavy atom. The van der Waals surface area contributed by atoms with Gasteiger partial charge in [0.1, 0.15) is 0 Å². The van der Waals surface area contributed by atoms with Crippen LogP contribution in [-0.2, 0) is 4.74 Å². The Labute approximate surface area is 87.8 Å². The van der Waals surface area contributed by atoms with E-state index in [-0.39, 0.29) is 6.10 Å². The molecule has 0 fully saturated rings. The molecule has 0 rings (SSSR count). The fourth-order valence-corrected chi connectivity index (χ4v) is 1.37. The van der Waals surface area contributed by atoms with Crippen LogP contribution in [0.3, 0.4) is 0 Å². The van der Waals surface area contributed by atoms with E-state index >= 15 is 0 Å². The molecule has 0 aromatic rings. The third kappa shape index (κ3) is 7.30. The summed E-state index contributed by atoms with van der Waals surface area (Å²) in [5, 5.41) is 12.7. The van der Waals surface area contributed by atoms with Crippen LogP contribution in [0.4, 0.5) is 0 Å². The Kier molecular flexibility index (Phi) is 9.35. The quantitative estimate of drug-likeness (QED) is 0.559. The molecule has 0 bridgehead atoms. The van der Waals surface area contributed by atoms with Gasteiger partial charge in [0.2, 0.25) is 0 Å². The maximum Gasteiger partial charge on any atom is 0.0615 e. The molecule has 14 heavy (non-hydrogen) atoms. The standard InChI is InChI=1S/C11H25NO2/c1-4-10(9-14-3)12-8-6-7-11(13)5-2/h10-13H,4-9H2,1-3H3. The first-order chi connectivity index (χ1) is 6.74. The molecule has 2 atom stereocenters. The Morgan fingerprint density at radius 3 is 2.50 bits per heavy atom. The number of aliphatic hydroxyl groups excluding tert-OH is 1. The molecule has 3 heteroatoms. The third-order valence-corrected chi connectivity index (χ3v) is 2.48. The lowest BCUT2D eigenvalue weighted by molar-refractivity contribution is 0.150. The fraction of sp³-hybridized carbons (Fsp3) is 1.00. The van der Waals surface area contributed by atoms with Gasteiger partial charge in [-0.05, 0) is 32.2 Å². The lowest BCUT2D eigenvalue weighted by Gasteiger charge is -2.16. The summed E-state index contributed by atoms with van der Waals surface area (Å²) in [5.74, 6) is 0. The predicted molar refractivity (Wildman–Crippen MR) is 59.5 cm³/mol. The van der Waals surface area contributed by atoms with Crippen molar-refractivity contribution in [2.45, 2.75) is 51.7 Å². The molecule has 0 heterocycles. The Hall–Kier alpha value is -0.120. The van der Waals surface area contributed by atoms with E-state index in [2.05, 4.69) is 12.2 Å². The topological polar surface area (TPSA) is 41.5 Å². The van der Waals surface area contributed by atoms with Crippen molar-refractivity contribution in [3.05, 3.63) is 0 Å². The summed E-state index contributed by atoms with van der Waals surface area (Å²) in [7, 11) is 1.73. The number of methoxy groups -OCH3 is 1. The average molecular weight is 203 g/mol. The summed E-state index contributed by atoms with van der Waals surface area (Å²) in [6.07, 6.45) is 3.75. The van der Waals surface area contributed by atoms with Crippen molar-refractivity contribution in [3.8, 4) is 0 Å². The van der Waals surface area contributed by atoms with Gasteiger partial charge >= 0.3 is 0 Å². The van der Waals surface area contributed by atoms with Gasteiger partial charge in [-0.15, -0.1) is 0 Å². The molecule has 0 aliphatic rings. The summed E-state index contributed by atoms with van der Waals surface area (Å²) in [6, 6.07) is 0.457. The van der Waals surface area contributed by atoms with Crippen LogP contribution >= 0.6 is 0 Å². The summed E-state index contributed by atoms with van der Waals surface area (Å²) in [5.41, 5.74) is 0. The van der Waals surface area contributed by atoms with Crippen molar-refractivity contribution >= 4 is 0 Å². The highest BCUT2D eigenvalue weighted by atomic mass is 16.5. The zero-order chi connectivity index (χ0) is 10.8. The summed E-state index contributed by atoms with van der Waals surface area (Å²) < 4.78 is 5.08. The van der Waals surface area contributed by atoms with Gasteiger partial charge in [0, 0.05) is 13.2 Å². The molecule has 0 aromatic heterocycles. The van der Waals surface area contributed by atoms with Crippen molar-refractivity contribution in [2.75, 3.05) is 20.3 Å². The highest BCUT2D eigenvalue weighted by Crippen LogP contribution is 2.00. The zero-order valence-electron chi connectivity index (χ0n) is 9.75. The molecule has 0 radical (unpaired) electrons. The maximum atomic E-state index is 9.33.